The zero-order valence-corrected chi connectivity index (χ0v) is 16.4. The number of nitrogens with one attached hydrogen (secondary N) is 1. The SMILES string of the molecule is CC(C)c1cc(=O)oc2cc(OCC(=O)Nc3ccc(Cl)c([N+](=O)[O-])c3)ccc12. The van der Waals surface area contributed by atoms with Crippen molar-refractivity contribution in [3.05, 3.63) is 73.6 Å². The van der Waals surface area contributed by atoms with E-state index in [2.05, 4.69) is 5.32 Å². The standard InChI is InChI=1S/C20H17ClN2O6/c1-11(2)15-9-20(25)29-18-8-13(4-5-14(15)18)28-10-19(24)22-12-3-6-16(21)17(7-12)23(26)27/h3-9,11H,10H2,1-2H3,(H,22,24). The highest BCUT2D eigenvalue weighted by molar-refractivity contribution is 6.32. The van der Waals surface area contributed by atoms with E-state index >= 15 is 0 Å². The molecule has 1 N–H and O–H groups in total. The van der Waals surface area contributed by atoms with Crippen LogP contribution in [0.25, 0.3) is 11.0 Å². The molecule has 0 spiro atoms. The summed E-state index contributed by atoms with van der Waals surface area (Å²) in [5.74, 6) is -0.0273. The molecule has 0 saturated heterocycles. The fourth-order valence-electron chi connectivity index (χ4n) is 2.81. The first-order chi connectivity index (χ1) is 13.7. The minimum atomic E-state index is -0.636. The maximum Gasteiger partial charge on any atom is 0.336 e. The molecule has 0 aliphatic carbocycles. The molecule has 9 heteroatoms. The number of benzene rings is 2. The van der Waals surface area contributed by atoms with Crippen LogP contribution < -0.4 is 15.7 Å². The van der Waals surface area contributed by atoms with Gasteiger partial charge in [0.1, 0.15) is 16.4 Å². The number of fused-ring (bicyclic) bond motifs is 1. The van der Waals surface area contributed by atoms with Crippen LogP contribution >= 0.6 is 11.6 Å². The van der Waals surface area contributed by atoms with Crippen LogP contribution in [0.15, 0.2) is 51.7 Å². The van der Waals surface area contributed by atoms with Gasteiger partial charge in [-0.1, -0.05) is 25.4 Å². The Morgan fingerprint density at radius 2 is 2.00 bits per heavy atom. The number of carbonyl (C=O) groups excluding carboxylic acids is 1. The molecule has 1 aromatic heterocycles. The molecule has 0 radical (unpaired) electrons. The lowest BCUT2D eigenvalue weighted by molar-refractivity contribution is -0.384. The summed E-state index contributed by atoms with van der Waals surface area (Å²) in [5, 5.41) is 14.2. The zero-order valence-electron chi connectivity index (χ0n) is 15.6. The van der Waals surface area contributed by atoms with Gasteiger partial charge in [-0.3, -0.25) is 14.9 Å². The van der Waals surface area contributed by atoms with Gasteiger partial charge >= 0.3 is 5.63 Å². The van der Waals surface area contributed by atoms with Crippen molar-refractivity contribution < 1.29 is 18.9 Å². The van der Waals surface area contributed by atoms with E-state index in [0.29, 0.717) is 11.3 Å². The number of hydrogen-bond donors (Lipinski definition) is 1. The van der Waals surface area contributed by atoms with E-state index in [1.165, 1.54) is 24.3 Å². The lowest BCUT2D eigenvalue weighted by atomic mass is 10.00. The highest BCUT2D eigenvalue weighted by atomic mass is 35.5. The summed E-state index contributed by atoms with van der Waals surface area (Å²) >= 11 is 5.75. The Bertz CT molecular complexity index is 1160. The lowest BCUT2D eigenvalue weighted by Gasteiger charge is -2.11. The molecule has 1 heterocycles. The normalized spacial score (nSPS) is 10.9. The molecule has 8 nitrogen and oxygen atoms in total. The molecule has 1 amide bonds. The van der Waals surface area contributed by atoms with Crippen LogP contribution in [-0.2, 0) is 4.79 Å². The van der Waals surface area contributed by atoms with Crippen molar-refractivity contribution in [2.75, 3.05) is 11.9 Å². The third-order valence-electron chi connectivity index (χ3n) is 4.17. The second-order valence-electron chi connectivity index (χ2n) is 6.59. The van der Waals surface area contributed by atoms with E-state index in [9.17, 15) is 19.7 Å². The third kappa shape index (κ3) is 4.72. The molecule has 29 heavy (non-hydrogen) atoms. The van der Waals surface area contributed by atoms with E-state index < -0.39 is 16.5 Å². The molecule has 0 saturated carbocycles. The van der Waals surface area contributed by atoms with Gasteiger partial charge in [0.15, 0.2) is 6.61 Å². The van der Waals surface area contributed by atoms with Gasteiger partial charge < -0.3 is 14.5 Å². The number of rotatable bonds is 6. The number of nitro benzene ring substituents is 1. The second kappa shape index (κ2) is 8.32. The van der Waals surface area contributed by atoms with E-state index in [0.717, 1.165) is 10.9 Å². The van der Waals surface area contributed by atoms with Gasteiger partial charge in [0.25, 0.3) is 11.6 Å². The van der Waals surface area contributed by atoms with Gasteiger partial charge in [0.05, 0.1) is 4.92 Å². The Morgan fingerprint density at radius 1 is 1.24 bits per heavy atom. The largest absolute Gasteiger partial charge is 0.484 e. The van der Waals surface area contributed by atoms with Crippen LogP contribution in [0.1, 0.15) is 25.3 Å². The highest BCUT2D eigenvalue weighted by Gasteiger charge is 2.15. The predicted molar refractivity (Wildman–Crippen MR) is 109 cm³/mol. The van der Waals surface area contributed by atoms with Gasteiger partial charge in [-0.15, -0.1) is 0 Å². The number of amides is 1. The van der Waals surface area contributed by atoms with E-state index in [1.54, 1.807) is 18.2 Å². The average molecular weight is 417 g/mol. The van der Waals surface area contributed by atoms with Crippen molar-refractivity contribution in [3.63, 3.8) is 0 Å². The number of nitro groups is 1. The fourth-order valence-corrected chi connectivity index (χ4v) is 3.00. The fraction of sp³-hybridized carbons (Fsp3) is 0.200. The quantitative estimate of drug-likeness (QED) is 0.360. The molecule has 150 valence electrons. The topological polar surface area (TPSA) is 112 Å². The first-order valence-corrected chi connectivity index (χ1v) is 9.07. The molecule has 0 aliphatic heterocycles. The van der Waals surface area contributed by atoms with Crippen molar-refractivity contribution in [2.45, 2.75) is 19.8 Å². The van der Waals surface area contributed by atoms with Gasteiger partial charge in [-0.2, -0.15) is 0 Å². The minimum Gasteiger partial charge on any atom is -0.484 e. The van der Waals surface area contributed by atoms with Crippen LogP contribution in [0.5, 0.6) is 5.75 Å². The molecule has 0 unspecified atom stereocenters. The Labute approximate surface area is 170 Å². The Morgan fingerprint density at radius 3 is 2.69 bits per heavy atom. The van der Waals surface area contributed by atoms with Crippen LogP contribution in [0.4, 0.5) is 11.4 Å². The highest BCUT2D eigenvalue weighted by Crippen LogP contribution is 2.28. The number of nitrogens with zero attached hydrogens (tertiary/aromatic N) is 1. The van der Waals surface area contributed by atoms with Gasteiger partial charge in [0, 0.05) is 29.3 Å². The van der Waals surface area contributed by atoms with E-state index in [1.807, 2.05) is 13.8 Å². The summed E-state index contributed by atoms with van der Waals surface area (Å²) in [7, 11) is 0. The zero-order chi connectivity index (χ0) is 21.1. The summed E-state index contributed by atoms with van der Waals surface area (Å²) in [6.45, 7) is 3.62. The first-order valence-electron chi connectivity index (χ1n) is 8.69. The van der Waals surface area contributed by atoms with E-state index in [-0.39, 0.29) is 28.9 Å². The number of hydrogen-bond acceptors (Lipinski definition) is 6. The minimum absolute atomic E-state index is 0.0253. The summed E-state index contributed by atoms with van der Waals surface area (Å²) in [5.41, 5.74) is 0.689. The number of carbonyl (C=O) groups is 1. The van der Waals surface area contributed by atoms with Crippen molar-refractivity contribution in [1.82, 2.24) is 0 Å². The molecule has 0 fully saturated rings. The third-order valence-corrected chi connectivity index (χ3v) is 4.49. The summed E-state index contributed by atoms with van der Waals surface area (Å²) in [4.78, 5) is 34.1. The molecule has 2 aromatic carbocycles. The van der Waals surface area contributed by atoms with Crippen molar-refractivity contribution in [3.8, 4) is 5.75 Å². The maximum absolute atomic E-state index is 12.1. The smallest absolute Gasteiger partial charge is 0.336 e. The van der Waals surface area contributed by atoms with E-state index in [4.69, 9.17) is 20.8 Å². The number of ether oxygens (including phenoxy) is 1. The number of anilines is 1. The van der Waals surface area contributed by atoms with Crippen LogP contribution in [0.2, 0.25) is 5.02 Å². The number of halogens is 1. The summed E-state index contributed by atoms with van der Waals surface area (Å²) in [6, 6.07) is 10.4. The van der Waals surface area contributed by atoms with Gasteiger partial charge in [-0.25, -0.2) is 4.79 Å². The Kier molecular flexibility index (Phi) is 5.84. The molecule has 0 bridgehead atoms. The van der Waals surface area contributed by atoms with Gasteiger partial charge in [-0.05, 0) is 35.7 Å². The lowest BCUT2D eigenvalue weighted by Crippen LogP contribution is -2.20. The molecular formula is C20H17ClN2O6. The maximum atomic E-state index is 12.1. The van der Waals surface area contributed by atoms with Crippen LogP contribution in [-0.4, -0.2) is 17.4 Å². The molecule has 3 aromatic rings. The Balaban J connectivity index is 1.72. The van der Waals surface area contributed by atoms with Crippen LogP contribution in [0, 0.1) is 10.1 Å². The monoisotopic (exact) mass is 416 g/mol. The predicted octanol–water partition coefficient (Wildman–Crippen LogP) is 4.50. The average Bonchev–Trinajstić information content (AvgIpc) is 2.66. The molecule has 0 atom stereocenters. The van der Waals surface area contributed by atoms with Crippen molar-refractivity contribution in [2.24, 2.45) is 0 Å². The van der Waals surface area contributed by atoms with Crippen molar-refractivity contribution >= 4 is 39.9 Å². The Hall–Kier alpha value is -3.39. The second-order valence-corrected chi connectivity index (χ2v) is 7.00. The molecule has 3 rings (SSSR count). The van der Waals surface area contributed by atoms with Gasteiger partial charge in [0.2, 0.25) is 0 Å². The summed E-state index contributed by atoms with van der Waals surface area (Å²) < 4.78 is 10.7. The summed E-state index contributed by atoms with van der Waals surface area (Å²) in [6.07, 6.45) is 0. The van der Waals surface area contributed by atoms with Crippen molar-refractivity contribution in [1.29, 1.82) is 0 Å². The molecule has 0 aliphatic rings. The molecular weight excluding hydrogens is 400 g/mol. The van der Waals surface area contributed by atoms with Crippen LogP contribution in [0.3, 0.4) is 0 Å². The first kappa shape index (κ1) is 20.3.